The minimum atomic E-state index is 0.219. The molecule has 0 amide bonds. The van der Waals surface area contributed by atoms with E-state index in [-0.39, 0.29) is 5.92 Å². The molecular formula is C16H16N6. The Kier molecular flexibility index (Phi) is 2.89. The van der Waals surface area contributed by atoms with E-state index in [9.17, 15) is 0 Å². The highest BCUT2D eigenvalue weighted by Gasteiger charge is 2.13. The average Bonchev–Trinajstić information content (AvgIpc) is 3.08. The zero-order valence-electron chi connectivity index (χ0n) is 12.5. The third-order valence-electron chi connectivity index (χ3n) is 3.78. The maximum atomic E-state index is 4.64. The van der Waals surface area contributed by atoms with Gasteiger partial charge in [-0.15, -0.1) is 0 Å². The first-order valence-corrected chi connectivity index (χ1v) is 7.31. The monoisotopic (exact) mass is 292 g/mol. The summed E-state index contributed by atoms with van der Waals surface area (Å²) in [7, 11) is 0. The molecule has 22 heavy (non-hydrogen) atoms. The molecule has 4 heterocycles. The fraction of sp³-hybridized carbons (Fsp3) is 0.250. The van der Waals surface area contributed by atoms with Gasteiger partial charge in [-0.25, -0.2) is 15.0 Å². The molecule has 0 aliphatic heterocycles. The molecule has 4 aromatic rings. The third kappa shape index (κ3) is 2.22. The van der Waals surface area contributed by atoms with Crippen molar-refractivity contribution in [3.63, 3.8) is 0 Å². The minimum absolute atomic E-state index is 0.219. The van der Waals surface area contributed by atoms with Crippen molar-refractivity contribution in [1.29, 1.82) is 0 Å². The van der Waals surface area contributed by atoms with Gasteiger partial charge in [-0.2, -0.15) is 0 Å². The molecule has 4 rings (SSSR count). The lowest BCUT2D eigenvalue weighted by Crippen LogP contribution is -2.03. The van der Waals surface area contributed by atoms with Crippen molar-refractivity contribution in [2.45, 2.75) is 26.2 Å². The van der Waals surface area contributed by atoms with Crippen molar-refractivity contribution < 1.29 is 0 Å². The number of fused-ring (bicyclic) bond motifs is 2. The fourth-order valence-corrected chi connectivity index (χ4v) is 2.66. The van der Waals surface area contributed by atoms with E-state index in [0.717, 1.165) is 46.0 Å². The zero-order valence-corrected chi connectivity index (χ0v) is 12.5. The van der Waals surface area contributed by atoms with E-state index in [1.807, 2.05) is 31.3 Å². The quantitative estimate of drug-likeness (QED) is 0.608. The predicted octanol–water partition coefficient (Wildman–Crippen LogP) is 2.88. The topological polar surface area (TPSA) is 83.1 Å². The van der Waals surface area contributed by atoms with Crippen molar-refractivity contribution in [2.75, 3.05) is 0 Å². The Balaban J connectivity index is 1.62. The summed E-state index contributed by atoms with van der Waals surface area (Å²) < 4.78 is 0. The van der Waals surface area contributed by atoms with E-state index in [2.05, 4.69) is 36.8 Å². The fourth-order valence-electron chi connectivity index (χ4n) is 2.66. The maximum absolute atomic E-state index is 4.64. The first-order chi connectivity index (χ1) is 10.7. The van der Waals surface area contributed by atoms with Gasteiger partial charge >= 0.3 is 0 Å². The molecule has 6 heteroatoms. The van der Waals surface area contributed by atoms with Gasteiger partial charge in [-0.1, -0.05) is 6.92 Å². The summed E-state index contributed by atoms with van der Waals surface area (Å²) >= 11 is 0. The van der Waals surface area contributed by atoms with Gasteiger partial charge in [0, 0.05) is 30.4 Å². The normalized spacial score (nSPS) is 13.0. The number of imidazole rings is 1. The summed E-state index contributed by atoms with van der Waals surface area (Å²) in [6, 6.07) is 5.85. The molecule has 0 saturated heterocycles. The highest BCUT2D eigenvalue weighted by molar-refractivity contribution is 5.71. The van der Waals surface area contributed by atoms with E-state index in [1.54, 1.807) is 6.20 Å². The number of hydrogen-bond donors (Lipinski definition) is 2. The SMILES string of the molecule is Cc1cc2ncc(CC(C)c3nc4cccnc4[nH]3)nc2[nH]1. The molecule has 0 aromatic carbocycles. The second kappa shape index (κ2) is 4.91. The standard InChI is InChI=1S/C16H16N6/c1-9(14-21-12-4-3-5-17-15(12)22-14)6-11-8-18-13-7-10(2)19-16(13)20-11/h3-5,7-9H,6H2,1-2H3,(H,19,20)(H,17,21,22). The second-order valence-corrected chi connectivity index (χ2v) is 5.65. The Labute approximate surface area is 127 Å². The highest BCUT2D eigenvalue weighted by atomic mass is 15.0. The molecule has 0 bridgehead atoms. The average molecular weight is 292 g/mol. The van der Waals surface area contributed by atoms with Crippen LogP contribution < -0.4 is 0 Å². The largest absolute Gasteiger partial charge is 0.342 e. The number of pyridine rings is 1. The van der Waals surface area contributed by atoms with Gasteiger partial charge in [-0.3, -0.25) is 4.98 Å². The van der Waals surface area contributed by atoms with E-state index in [4.69, 9.17) is 0 Å². The molecular weight excluding hydrogens is 276 g/mol. The van der Waals surface area contributed by atoms with Crippen LogP contribution in [0.15, 0.2) is 30.6 Å². The molecule has 2 N–H and O–H groups in total. The molecule has 110 valence electrons. The molecule has 0 radical (unpaired) electrons. The number of rotatable bonds is 3. The summed E-state index contributed by atoms with van der Waals surface area (Å²) in [5.74, 6) is 1.15. The van der Waals surface area contributed by atoms with Crippen LogP contribution in [0, 0.1) is 6.92 Å². The molecule has 0 aliphatic rings. The van der Waals surface area contributed by atoms with Crippen LogP contribution in [0.2, 0.25) is 0 Å². The van der Waals surface area contributed by atoms with Gasteiger partial charge in [0.15, 0.2) is 11.3 Å². The van der Waals surface area contributed by atoms with Crippen molar-refractivity contribution in [3.8, 4) is 0 Å². The summed E-state index contributed by atoms with van der Waals surface area (Å²) in [5.41, 5.74) is 5.49. The molecule has 4 aromatic heterocycles. The smallest absolute Gasteiger partial charge is 0.157 e. The van der Waals surface area contributed by atoms with Crippen molar-refractivity contribution in [2.24, 2.45) is 0 Å². The summed E-state index contributed by atoms with van der Waals surface area (Å²) in [6.07, 6.45) is 4.38. The number of nitrogens with zero attached hydrogens (tertiary/aromatic N) is 4. The van der Waals surface area contributed by atoms with Crippen molar-refractivity contribution in [1.82, 2.24) is 29.9 Å². The lowest BCUT2D eigenvalue weighted by molar-refractivity contribution is 0.698. The molecule has 1 unspecified atom stereocenters. The Morgan fingerprint density at radius 2 is 2.00 bits per heavy atom. The van der Waals surface area contributed by atoms with Crippen LogP contribution in [-0.4, -0.2) is 29.9 Å². The second-order valence-electron chi connectivity index (χ2n) is 5.65. The van der Waals surface area contributed by atoms with Crippen LogP contribution in [0.3, 0.4) is 0 Å². The van der Waals surface area contributed by atoms with Gasteiger partial charge in [-0.05, 0) is 25.1 Å². The Morgan fingerprint density at radius 3 is 2.86 bits per heavy atom. The van der Waals surface area contributed by atoms with E-state index in [0.29, 0.717) is 0 Å². The van der Waals surface area contributed by atoms with Crippen LogP contribution in [0.1, 0.15) is 30.1 Å². The van der Waals surface area contributed by atoms with Crippen molar-refractivity contribution >= 4 is 22.3 Å². The van der Waals surface area contributed by atoms with E-state index >= 15 is 0 Å². The number of aryl methyl sites for hydroxylation is 1. The van der Waals surface area contributed by atoms with Gasteiger partial charge in [0.05, 0.1) is 5.69 Å². The first-order valence-electron chi connectivity index (χ1n) is 7.31. The summed E-state index contributed by atoms with van der Waals surface area (Å²) in [4.78, 5) is 24.5. The molecule has 0 fully saturated rings. The van der Waals surface area contributed by atoms with Crippen LogP contribution >= 0.6 is 0 Å². The molecule has 0 aliphatic carbocycles. The lowest BCUT2D eigenvalue weighted by atomic mass is 10.1. The van der Waals surface area contributed by atoms with Gasteiger partial charge in [0.1, 0.15) is 16.9 Å². The first kappa shape index (κ1) is 12.9. The van der Waals surface area contributed by atoms with Crippen LogP contribution in [-0.2, 0) is 6.42 Å². The Morgan fingerprint density at radius 1 is 1.09 bits per heavy atom. The summed E-state index contributed by atoms with van der Waals surface area (Å²) in [6.45, 7) is 4.14. The lowest BCUT2D eigenvalue weighted by Gasteiger charge is -2.07. The van der Waals surface area contributed by atoms with Crippen molar-refractivity contribution in [3.05, 3.63) is 47.8 Å². The van der Waals surface area contributed by atoms with E-state index in [1.165, 1.54) is 0 Å². The number of hydrogen-bond acceptors (Lipinski definition) is 4. The van der Waals surface area contributed by atoms with Crippen LogP contribution in [0.25, 0.3) is 22.3 Å². The minimum Gasteiger partial charge on any atom is -0.342 e. The van der Waals surface area contributed by atoms with Crippen LogP contribution in [0.4, 0.5) is 0 Å². The third-order valence-corrected chi connectivity index (χ3v) is 3.78. The maximum Gasteiger partial charge on any atom is 0.157 e. The van der Waals surface area contributed by atoms with Gasteiger partial charge in [0.25, 0.3) is 0 Å². The van der Waals surface area contributed by atoms with Gasteiger partial charge in [0.2, 0.25) is 0 Å². The Bertz CT molecular complexity index is 919. The van der Waals surface area contributed by atoms with Crippen LogP contribution in [0.5, 0.6) is 0 Å². The van der Waals surface area contributed by atoms with Gasteiger partial charge < -0.3 is 9.97 Å². The number of aromatic amines is 2. The zero-order chi connectivity index (χ0) is 15.1. The number of nitrogens with one attached hydrogen (secondary N) is 2. The molecule has 0 saturated carbocycles. The highest BCUT2D eigenvalue weighted by Crippen LogP contribution is 2.20. The molecule has 0 spiro atoms. The Hall–Kier alpha value is -2.76. The number of H-pyrrole nitrogens is 2. The number of aromatic nitrogens is 6. The molecule has 6 nitrogen and oxygen atoms in total. The summed E-state index contributed by atoms with van der Waals surface area (Å²) in [5, 5.41) is 0. The predicted molar refractivity (Wildman–Crippen MR) is 84.6 cm³/mol. The van der Waals surface area contributed by atoms with E-state index < -0.39 is 0 Å². The molecule has 1 atom stereocenters.